The van der Waals surface area contributed by atoms with Gasteiger partial charge in [0.15, 0.2) is 5.16 Å². The van der Waals surface area contributed by atoms with E-state index in [1.807, 2.05) is 32.0 Å². The van der Waals surface area contributed by atoms with Crippen LogP contribution in [-0.4, -0.2) is 27.7 Å². The fourth-order valence-corrected chi connectivity index (χ4v) is 2.56. The zero-order valence-corrected chi connectivity index (χ0v) is 14.5. The van der Waals surface area contributed by atoms with Crippen LogP contribution in [0.2, 0.25) is 0 Å². The Morgan fingerprint density at radius 1 is 1.36 bits per heavy atom. The lowest BCUT2D eigenvalue weighted by molar-refractivity contribution is -0.117. The number of thioether (sulfide) groups is 1. The standard InChI is InChI=1S/C16H16N6O2S/c1-9-3-4-12(10(2)5-9)20-15(24)21-13(23)8-25-16-19-7-11(6-17)14(18)22-16/h3-5,7H,8H2,1-2H3,(H2,18,19,22)(H2,20,21,23,24). The van der Waals surface area contributed by atoms with Crippen molar-refractivity contribution in [3.8, 4) is 6.07 Å². The van der Waals surface area contributed by atoms with Crippen LogP contribution < -0.4 is 16.4 Å². The largest absolute Gasteiger partial charge is 0.382 e. The van der Waals surface area contributed by atoms with E-state index >= 15 is 0 Å². The third kappa shape index (κ3) is 5.19. The van der Waals surface area contributed by atoms with E-state index in [0.29, 0.717) is 5.69 Å². The number of rotatable bonds is 4. The van der Waals surface area contributed by atoms with Crippen LogP contribution in [0.1, 0.15) is 16.7 Å². The van der Waals surface area contributed by atoms with Crippen LogP contribution in [0, 0.1) is 25.2 Å². The minimum atomic E-state index is -0.613. The van der Waals surface area contributed by atoms with E-state index in [1.165, 1.54) is 6.20 Å². The molecule has 0 atom stereocenters. The zero-order valence-electron chi connectivity index (χ0n) is 13.7. The molecule has 128 valence electrons. The highest BCUT2D eigenvalue weighted by atomic mass is 32.2. The number of nitrogen functional groups attached to an aromatic ring is 1. The summed E-state index contributed by atoms with van der Waals surface area (Å²) < 4.78 is 0. The Hall–Kier alpha value is -3.12. The van der Waals surface area contributed by atoms with Gasteiger partial charge in [0, 0.05) is 5.69 Å². The van der Waals surface area contributed by atoms with Gasteiger partial charge in [-0.05, 0) is 25.5 Å². The number of benzene rings is 1. The third-order valence-corrected chi connectivity index (χ3v) is 3.99. The Kier molecular flexibility index (Phi) is 5.92. The molecule has 4 N–H and O–H groups in total. The van der Waals surface area contributed by atoms with E-state index in [0.717, 1.165) is 22.9 Å². The van der Waals surface area contributed by atoms with Gasteiger partial charge >= 0.3 is 6.03 Å². The number of anilines is 2. The molecular formula is C16H16N6O2S. The number of carbonyl (C=O) groups excluding carboxylic acids is 2. The number of urea groups is 1. The van der Waals surface area contributed by atoms with Crippen molar-refractivity contribution in [2.75, 3.05) is 16.8 Å². The molecule has 0 unspecified atom stereocenters. The molecule has 0 saturated carbocycles. The molecule has 0 aliphatic carbocycles. The van der Waals surface area contributed by atoms with Crippen LogP contribution in [0.4, 0.5) is 16.3 Å². The maximum Gasteiger partial charge on any atom is 0.325 e. The Balaban J connectivity index is 1.86. The predicted molar refractivity (Wildman–Crippen MR) is 95.0 cm³/mol. The van der Waals surface area contributed by atoms with Crippen LogP contribution in [0.3, 0.4) is 0 Å². The van der Waals surface area contributed by atoms with Gasteiger partial charge in [-0.3, -0.25) is 10.1 Å². The number of hydrogen-bond donors (Lipinski definition) is 3. The molecule has 2 rings (SSSR count). The average Bonchev–Trinajstić information content (AvgIpc) is 2.55. The number of amides is 3. The highest BCUT2D eigenvalue weighted by Gasteiger charge is 2.11. The molecule has 0 radical (unpaired) electrons. The molecule has 0 aliphatic heterocycles. The van der Waals surface area contributed by atoms with E-state index < -0.39 is 11.9 Å². The maximum absolute atomic E-state index is 11.9. The summed E-state index contributed by atoms with van der Waals surface area (Å²) >= 11 is 1.01. The van der Waals surface area contributed by atoms with Crippen molar-refractivity contribution >= 4 is 35.2 Å². The summed E-state index contributed by atoms with van der Waals surface area (Å²) in [6, 6.07) is 6.81. The summed E-state index contributed by atoms with van der Waals surface area (Å²) in [7, 11) is 0. The molecule has 3 amide bonds. The van der Waals surface area contributed by atoms with Gasteiger partial charge in [0.2, 0.25) is 5.91 Å². The van der Waals surface area contributed by atoms with Crippen LogP contribution >= 0.6 is 11.8 Å². The number of nitriles is 1. The highest BCUT2D eigenvalue weighted by molar-refractivity contribution is 7.99. The van der Waals surface area contributed by atoms with Crippen molar-refractivity contribution in [3.05, 3.63) is 41.1 Å². The van der Waals surface area contributed by atoms with Gasteiger partial charge in [-0.25, -0.2) is 14.8 Å². The Morgan fingerprint density at radius 2 is 2.12 bits per heavy atom. The van der Waals surface area contributed by atoms with E-state index in [4.69, 9.17) is 11.0 Å². The van der Waals surface area contributed by atoms with Gasteiger partial charge in [-0.1, -0.05) is 29.5 Å². The lowest BCUT2D eigenvalue weighted by Crippen LogP contribution is -2.35. The monoisotopic (exact) mass is 356 g/mol. The number of nitrogens with one attached hydrogen (secondary N) is 2. The zero-order chi connectivity index (χ0) is 18.4. The number of nitrogens with two attached hydrogens (primary N) is 1. The lowest BCUT2D eigenvalue weighted by atomic mass is 10.1. The first-order valence-electron chi connectivity index (χ1n) is 7.22. The minimum absolute atomic E-state index is 0.0491. The smallest absolute Gasteiger partial charge is 0.325 e. The van der Waals surface area contributed by atoms with Crippen molar-refractivity contribution < 1.29 is 9.59 Å². The van der Waals surface area contributed by atoms with Gasteiger partial charge in [0.25, 0.3) is 0 Å². The summed E-state index contributed by atoms with van der Waals surface area (Å²) in [5.41, 5.74) is 8.36. The molecule has 9 heteroatoms. The molecule has 1 aromatic carbocycles. The van der Waals surface area contributed by atoms with Crippen molar-refractivity contribution in [1.82, 2.24) is 15.3 Å². The van der Waals surface area contributed by atoms with Crippen molar-refractivity contribution in [2.24, 2.45) is 0 Å². The van der Waals surface area contributed by atoms with Gasteiger partial charge in [-0.2, -0.15) is 5.26 Å². The second kappa shape index (κ2) is 8.12. The highest BCUT2D eigenvalue weighted by Crippen LogP contribution is 2.17. The minimum Gasteiger partial charge on any atom is -0.382 e. The second-order valence-electron chi connectivity index (χ2n) is 5.17. The van der Waals surface area contributed by atoms with Crippen LogP contribution in [0.5, 0.6) is 0 Å². The summed E-state index contributed by atoms with van der Waals surface area (Å²) in [5, 5.41) is 13.9. The molecule has 2 aromatic rings. The lowest BCUT2D eigenvalue weighted by Gasteiger charge is -2.09. The van der Waals surface area contributed by atoms with E-state index in [9.17, 15) is 9.59 Å². The second-order valence-corrected chi connectivity index (χ2v) is 6.12. The summed E-state index contributed by atoms with van der Waals surface area (Å²) in [5.74, 6) is -0.516. The fourth-order valence-electron chi connectivity index (χ4n) is 1.93. The van der Waals surface area contributed by atoms with Gasteiger partial charge in [0.1, 0.15) is 17.5 Å². The number of hydrogen-bond acceptors (Lipinski definition) is 7. The van der Waals surface area contributed by atoms with Crippen LogP contribution in [0.25, 0.3) is 0 Å². The molecule has 0 saturated heterocycles. The normalized spacial score (nSPS) is 9.96. The van der Waals surface area contributed by atoms with E-state index in [-0.39, 0.29) is 22.3 Å². The molecule has 0 fully saturated rings. The molecule has 0 bridgehead atoms. The van der Waals surface area contributed by atoms with Gasteiger partial charge in [0.05, 0.1) is 11.9 Å². The third-order valence-electron chi connectivity index (χ3n) is 3.13. The average molecular weight is 356 g/mol. The van der Waals surface area contributed by atoms with Crippen LogP contribution in [0.15, 0.2) is 29.6 Å². The van der Waals surface area contributed by atoms with Crippen molar-refractivity contribution in [1.29, 1.82) is 5.26 Å². The topological polar surface area (TPSA) is 134 Å². The van der Waals surface area contributed by atoms with Gasteiger partial charge < -0.3 is 11.1 Å². The predicted octanol–water partition coefficient (Wildman–Crippen LogP) is 1.99. The fraction of sp³-hybridized carbons (Fsp3) is 0.188. The summed E-state index contributed by atoms with van der Waals surface area (Å²) in [6.07, 6.45) is 1.29. The molecule has 25 heavy (non-hydrogen) atoms. The van der Waals surface area contributed by atoms with E-state index in [1.54, 1.807) is 6.07 Å². The van der Waals surface area contributed by atoms with Crippen molar-refractivity contribution in [2.45, 2.75) is 19.0 Å². The maximum atomic E-state index is 11.9. The Labute approximate surface area is 148 Å². The molecular weight excluding hydrogens is 340 g/mol. The summed E-state index contributed by atoms with van der Waals surface area (Å²) in [6.45, 7) is 3.82. The Morgan fingerprint density at radius 3 is 2.76 bits per heavy atom. The van der Waals surface area contributed by atoms with Crippen LogP contribution in [-0.2, 0) is 4.79 Å². The first kappa shape index (κ1) is 18.2. The SMILES string of the molecule is Cc1ccc(NC(=O)NC(=O)CSc2ncc(C#N)c(N)n2)c(C)c1. The molecule has 1 aromatic heterocycles. The molecule has 1 heterocycles. The van der Waals surface area contributed by atoms with Gasteiger partial charge in [-0.15, -0.1) is 0 Å². The first-order chi connectivity index (χ1) is 11.9. The molecule has 0 spiro atoms. The number of nitrogens with zero attached hydrogens (tertiary/aromatic N) is 3. The first-order valence-corrected chi connectivity index (χ1v) is 8.21. The number of imide groups is 1. The Bertz CT molecular complexity index is 862. The molecule has 8 nitrogen and oxygen atoms in total. The van der Waals surface area contributed by atoms with Crippen molar-refractivity contribution in [3.63, 3.8) is 0 Å². The quantitative estimate of drug-likeness (QED) is 0.563. The van der Waals surface area contributed by atoms with E-state index in [2.05, 4.69) is 20.6 Å². The number of aryl methyl sites for hydroxylation is 2. The number of aromatic nitrogens is 2. The molecule has 0 aliphatic rings. The number of carbonyl (C=O) groups is 2. The summed E-state index contributed by atoms with van der Waals surface area (Å²) in [4.78, 5) is 31.5.